The first-order valence-corrected chi connectivity index (χ1v) is 6.87. The highest BCUT2D eigenvalue weighted by atomic mass is 19.4. The van der Waals surface area contributed by atoms with Gasteiger partial charge in [0, 0.05) is 0 Å². The first-order chi connectivity index (χ1) is 9.40. The molecule has 0 spiro atoms. The molecule has 1 aliphatic carbocycles. The Morgan fingerprint density at radius 3 is 2.40 bits per heavy atom. The molecule has 1 saturated carbocycles. The maximum atomic E-state index is 13.0. The van der Waals surface area contributed by atoms with Crippen LogP contribution in [-0.2, 0) is 12.8 Å². The van der Waals surface area contributed by atoms with Crippen LogP contribution in [0.2, 0.25) is 0 Å². The van der Waals surface area contributed by atoms with Crippen LogP contribution in [-0.4, -0.2) is 11.2 Å². The van der Waals surface area contributed by atoms with Gasteiger partial charge in [-0.1, -0.05) is 13.0 Å². The van der Waals surface area contributed by atoms with Crippen molar-refractivity contribution in [3.8, 4) is 5.75 Å². The summed E-state index contributed by atoms with van der Waals surface area (Å²) < 4.78 is 44.6. The zero-order valence-corrected chi connectivity index (χ0v) is 11.4. The lowest BCUT2D eigenvalue weighted by Crippen LogP contribution is -2.24. The number of hydrogen-bond acceptors (Lipinski definition) is 2. The Labute approximate surface area is 116 Å². The predicted molar refractivity (Wildman–Crippen MR) is 69.4 cm³/mol. The second-order valence-electron chi connectivity index (χ2n) is 5.49. The van der Waals surface area contributed by atoms with E-state index in [0.29, 0.717) is 5.92 Å². The van der Waals surface area contributed by atoms with Crippen molar-refractivity contribution in [1.29, 1.82) is 0 Å². The minimum atomic E-state index is -4.47. The molecule has 2 rings (SSSR count). The summed E-state index contributed by atoms with van der Waals surface area (Å²) >= 11 is 0. The molecule has 1 aliphatic rings. The van der Waals surface area contributed by atoms with Crippen LogP contribution < -0.4 is 4.74 Å². The maximum absolute atomic E-state index is 13.0. The lowest BCUT2D eigenvalue weighted by molar-refractivity contribution is -0.139. The highest BCUT2D eigenvalue weighted by Crippen LogP contribution is 2.38. The largest absolute Gasteiger partial charge is 0.490 e. The first-order valence-electron chi connectivity index (χ1n) is 6.87. The Bertz CT molecular complexity index is 449. The van der Waals surface area contributed by atoms with Crippen LogP contribution in [0.4, 0.5) is 13.2 Å². The molecule has 5 heteroatoms. The van der Waals surface area contributed by atoms with Gasteiger partial charge in [-0.05, 0) is 49.3 Å². The van der Waals surface area contributed by atoms with E-state index in [9.17, 15) is 13.2 Å². The molecule has 0 heterocycles. The SMILES string of the molecule is CC1CCC(Oc2ccc(CO)cc2C(F)(F)F)CC1. The van der Waals surface area contributed by atoms with E-state index in [1.54, 1.807) is 0 Å². The highest BCUT2D eigenvalue weighted by Gasteiger charge is 2.35. The van der Waals surface area contributed by atoms with E-state index in [0.717, 1.165) is 31.7 Å². The highest BCUT2D eigenvalue weighted by molar-refractivity contribution is 5.39. The number of aliphatic hydroxyl groups is 1. The Morgan fingerprint density at radius 2 is 1.85 bits per heavy atom. The summed E-state index contributed by atoms with van der Waals surface area (Å²) in [5.41, 5.74) is -0.565. The van der Waals surface area contributed by atoms with E-state index in [4.69, 9.17) is 9.84 Å². The van der Waals surface area contributed by atoms with Crippen LogP contribution in [0, 0.1) is 5.92 Å². The van der Waals surface area contributed by atoms with Crippen molar-refractivity contribution in [2.45, 2.75) is 51.5 Å². The predicted octanol–water partition coefficient (Wildman–Crippen LogP) is 4.16. The molecule has 0 amide bonds. The molecule has 1 aromatic carbocycles. The normalized spacial score (nSPS) is 23.6. The second kappa shape index (κ2) is 6.04. The Hall–Kier alpha value is -1.23. The van der Waals surface area contributed by atoms with Gasteiger partial charge in [0.15, 0.2) is 0 Å². The van der Waals surface area contributed by atoms with Gasteiger partial charge in [0.05, 0.1) is 18.3 Å². The van der Waals surface area contributed by atoms with E-state index >= 15 is 0 Å². The van der Waals surface area contributed by atoms with Crippen molar-refractivity contribution in [3.05, 3.63) is 29.3 Å². The van der Waals surface area contributed by atoms with Gasteiger partial charge in [-0.3, -0.25) is 0 Å². The molecule has 0 aromatic heterocycles. The van der Waals surface area contributed by atoms with Crippen molar-refractivity contribution in [2.75, 3.05) is 0 Å². The average molecular weight is 288 g/mol. The van der Waals surface area contributed by atoms with Crippen LogP contribution in [0.25, 0.3) is 0 Å². The Balaban J connectivity index is 2.18. The second-order valence-corrected chi connectivity index (χ2v) is 5.49. The van der Waals surface area contributed by atoms with Crippen LogP contribution in [0.3, 0.4) is 0 Å². The molecular weight excluding hydrogens is 269 g/mol. The number of ether oxygens (including phenoxy) is 1. The van der Waals surface area contributed by atoms with Gasteiger partial charge >= 0.3 is 6.18 Å². The Kier molecular flexibility index (Phi) is 4.58. The first kappa shape index (κ1) is 15.2. The third-order valence-electron chi connectivity index (χ3n) is 3.79. The van der Waals surface area contributed by atoms with Crippen molar-refractivity contribution < 1.29 is 23.0 Å². The number of halogens is 3. The minimum absolute atomic E-state index is 0.130. The zero-order chi connectivity index (χ0) is 14.8. The molecule has 0 unspecified atom stereocenters. The minimum Gasteiger partial charge on any atom is -0.490 e. The van der Waals surface area contributed by atoms with Crippen LogP contribution in [0.5, 0.6) is 5.75 Å². The third kappa shape index (κ3) is 3.66. The number of rotatable bonds is 3. The van der Waals surface area contributed by atoms with Crippen LogP contribution in [0.15, 0.2) is 18.2 Å². The molecule has 2 nitrogen and oxygen atoms in total. The van der Waals surface area contributed by atoms with Crippen molar-refractivity contribution in [1.82, 2.24) is 0 Å². The lowest BCUT2D eigenvalue weighted by Gasteiger charge is -2.28. The fourth-order valence-electron chi connectivity index (χ4n) is 2.53. The van der Waals surface area contributed by atoms with Gasteiger partial charge in [0.2, 0.25) is 0 Å². The fourth-order valence-corrected chi connectivity index (χ4v) is 2.53. The summed E-state index contributed by atoms with van der Waals surface area (Å²) in [6.07, 6.45) is -1.06. The summed E-state index contributed by atoms with van der Waals surface area (Å²) in [7, 11) is 0. The average Bonchev–Trinajstić information content (AvgIpc) is 2.40. The van der Waals surface area contributed by atoms with Crippen molar-refractivity contribution in [2.24, 2.45) is 5.92 Å². The van der Waals surface area contributed by atoms with Crippen LogP contribution in [0.1, 0.15) is 43.7 Å². The third-order valence-corrected chi connectivity index (χ3v) is 3.79. The molecule has 1 aromatic rings. The summed E-state index contributed by atoms with van der Waals surface area (Å²) in [6.45, 7) is 1.73. The summed E-state index contributed by atoms with van der Waals surface area (Å²) in [6, 6.07) is 3.74. The Morgan fingerprint density at radius 1 is 1.20 bits per heavy atom. The van der Waals surface area contributed by atoms with E-state index in [1.165, 1.54) is 12.1 Å². The van der Waals surface area contributed by atoms with Crippen molar-refractivity contribution in [3.63, 3.8) is 0 Å². The molecule has 0 aliphatic heterocycles. The maximum Gasteiger partial charge on any atom is 0.419 e. The van der Waals surface area contributed by atoms with Gasteiger partial charge in [-0.15, -0.1) is 0 Å². The number of hydrogen-bond donors (Lipinski definition) is 1. The number of benzene rings is 1. The standard InChI is InChI=1S/C15H19F3O2/c1-10-2-5-12(6-3-10)20-14-7-4-11(9-19)8-13(14)15(16,17)18/h4,7-8,10,12,19H,2-3,5-6,9H2,1H3. The topological polar surface area (TPSA) is 29.5 Å². The van der Waals surface area contributed by atoms with Gasteiger partial charge in [-0.25, -0.2) is 0 Å². The summed E-state index contributed by atoms with van der Waals surface area (Å²) in [5, 5.41) is 8.96. The van der Waals surface area contributed by atoms with Crippen molar-refractivity contribution >= 4 is 0 Å². The molecular formula is C15H19F3O2. The van der Waals surface area contributed by atoms with Gasteiger partial charge in [-0.2, -0.15) is 13.2 Å². The van der Waals surface area contributed by atoms with E-state index < -0.39 is 18.3 Å². The fraction of sp³-hybridized carbons (Fsp3) is 0.600. The van der Waals surface area contributed by atoms with E-state index in [2.05, 4.69) is 6.92 Å². The molecule has 0 bridgehead atoms. The smallest absolute Gasteiger partial charge is 0.419 e. The lowest BCUT2D eigenvalue weighted by atomic mass is 9.89. The quantitative estimate of drug-likeness (QED) is 0.905. The monoisotopic (exact) mass is 288 g/mol. The summed E-state index contributed by atoms with van der Waals surface area (Å²) in [5.74, 6) is 0.489. The van der Waals surface area contributed by atoms with Gasteiger partial charge in [0.25, 0.3) is 0 Å². The molecule has 1 N–H and O–H groups in total. The molecule has 0 atom stereocenters. The number of aliphatic hydroxyl groups excluding tert-OH is 1. The van der Waals surface area contributed by atoms with E-state index in [-0.39, 0.29) is 17.4 Å². The molecule has 112 valence electrons. The zero-order valence-electron chi connectivity index (χ0n) is 11.4. The molecule has 0 radical (unpaired) electrons. The molecule has 0 saturated heterocycles. The van der Waals surface area contributed by atoms with Gasteiger partial charge < -0.3 is 9.84 Å². The van der Waals surface area contributed by atoms with Gasteiger partial charge in [0.1, 0.15) is 5.75 Å². The summed E-state index contributed by atoms with van der Waals surface area (Å²) in [4.78, 5) is 0. The van der Waals surface area contributed by atoms with Crippen LogP contribution >= 0.6 is 0 Å². The molecule has 20 heavy (non-hydrogen) atoms. The number of alkyl halides is 3. The van der Waals surface area contributed by atoms with E-state index in [1.807, 2.05) is 0 Å². The molecule has 1 fully saturated rings.